The molecule has 4 atom stereocenters. The molecule has 1 aliphatic carbocycles. The topological polar surface area (TPSA) is 87.1 Å². The third-order valence-corrected chi connectivity index (χ3v) is 7.49. The van der Waals surface area contributed by atoms with Gasteiger partial charge in [0.25, 0.3) is 0 Å². The van der Waals surface area contributed by atoms with Crippen molar-refractivity contribution in [1.29, 1.82) is 0 Å². The number of methoxy groups -OCH3 is 2. The van der Waals surface area contributed by atoms with Crippen LogP contribution in [0, 0.1) is 5.92 Å². The number of fused-ring (bicyclic) bond motifs is 4. The van der Waals surface area contributed by atoms with Crippen LogP contribution in [0.5, 0.6) is 17.2 Å². The van der Waals surface area contributed by atoms with E-state index in [1.54, 1.807) is 19.4 Å². The fraction of sp³-hybridized carbons (Fsp3) is 0.333. The van der Waals surface area contributed by atoms with Gasteiger partial charge >= 0.3 is 5.97 Å². The zero-order valence-electron chi connectivity index (χ0n) is 21.3. The lowest BCUT2D eigenvalue weighted by atomic mass is 9.75. The molecule has 1 aromatic heterocycles. The SMILES string of the molecule is C=C1[C@]2(O)c3ncc(OCCCC)cc3O[C@@]1(c1ccc(OC)cc1)C(c1ccccc1)C2C(=O)OC. The van der Waals surface area contributed by atoms with Crippen molar-refractivity contribution in [2.75, 3.05) is 20.8 Å². The largest absolute Gasteiger partial charge is 0.497 e. The maximum Gasteiger partial charge on any atom is 0.313 e. The number of nitrogens with zero attached hydrogens (tertiary/aromatic N) is 1. The molecule has 7 heteroatoms. The van der Waals surface area contributed by atoms with Gasteiger partial charge in [0.05, 0.1) is 27.0 Å². The predicted octanol–water partition coefficient (Wildman–Crippen LogP) is 4.89. The number of benzene rings is 2. The third-order valence-electron chi connectivity index (χ3n) is 7.49. The first-order valence-corrected chi connectivity index (χ1v) is 12.4. The van der Waals surface area contributed by atoms with Crippen molar-refractivity contribution in [3.8, 4) is 17.2 Å². The van der Waals surface area contributed by atoms with Crippen molar-refractivity contribution in [3.05, 3.63) is 95.8 Å². The predicted molar refractivity (Wildman–Crippen MR) is 138 cm³/mol. The molecule has 1 aliphatic heterocycles. The van der Waals surface area contributed by atoms with Crippen LogP contribution in [0.3, 0.4) is 0 Å². The maximum atomic E-state index is 13.5. The Morgan fingerprint density at radius 3 is 2.49 bits per heavy atom. The molecule has 7 nitrogen and oxygen atoms in total. The first-order chi connectivity index (χ1) is 17.9. The van der Waals surface area contributed by atoms with Crippen LogP contribution in [0.15, 0.2) is 79.0 Å². The number of hydrogen-bond donors (Lipinski definition) is 1. The molecule has 2 aromatic carbocycles. The zero-order chi connectivity index (χ0) is 26.2. The van der Waals surface area contributed by atoms with Gasteiger partial charge in [-0.05, 0) is 24.1 Å². The average molecular weight is 502 g/mol. The molecule has 2 heterocycles. The lowest BCUT2D eigenvalue weighted by Crippen LogP contribution is -2.44. The van der Waals surface area contributed by atoms with Crippen LogP contribution in [0.25, 0.3) is 0 Å². The molecule has 37 heavy (non-hydrogen) atoms. The Bertz CT molecular complexity index is 1310. The molecule has 1 N–H and O–H groups in total. The highest BCUT2D eigenvalue weighted by molar-refractivity contribution is 5.81. The maximum absolute atomic E-state index is 13.5. The molecule has 192 valence electrons. The molecule has 2 unspecified atom stereocenters. The van der Waals surface area contributed by atoms with Crippen LogP contribution >= 0.6 is 0 Å². The Kier molecular flexibility index (Phi) is 6.42. The number of hydrogen-bond acceptors (Lipinski definition) is 7. The van der Waals surface area contributed by atoms with E-state index in [9.17, 15) is 9.90 Å². The number of ether oxygens (including phenoxy) is 4. The van der Waals surface area contributed by atoms with E-state index in [4.69, 9.17) is 18.9 Å². The highest BCUT2D eigenvalue weighted by Crippen LogP contribution is 2.68. The summed E-state index contributed by atoms with van der Waals surface area (Å²) in [5.41, 5.74) is -1.06. The van der Waals surface area contributed by atoms with Crippen molar-refractivity contribution in [1.82, 2.24) is 4.98 Å². The first kappa shape index (κ1) is 24.8. The molecular weight excluding hydrogens is 470 g/mol. The number of aliphatic hydroxyl groups is 1. The van der Waals surface area contributed by atoms with Crippen LogP contribution < -0.4 is 14.2 Å². The van der Waals surface area contributed by atoms with E-state index in [2.05, 4.69) is 18.5 Å². The number of carbonyl (C=O) groups is 1. The molecule has 1 saturated carbocycles. The summed E-state index contributed by atoms with van der Waals surface area (Å²) < 4.78 is 23.4. The van der Waals surface area contributed by atoms with Gasteiger partial charge in [-0.1, -0.05) is 62.4 Å². The van der Waals surface area contributed by atoms with Gasteiger partial charge in [0, 0.05) is 23.1 Å². The molecule has 0 saturated heterocycles. The molecule has 0 amide bonds. The van der Waals surface area contributed by atoms with Gasteiger partial charge in [-0.15, -0.1) is 0 Å². The highest BCUT2D eigenvalue weighted by atomic mass is 16.5. The molecule has 3 aromatic rings. The van der Waals surface area contributed by atoms with Crippen molar-refractivity contribution in [2.24, 2.45) is 5.92 Å². The summed E-state index contributed by atoms with van der Waals surface area (Å²) in [5, 5.41) is 12.5. The van der Waals surface area contributed by atoms with Gasteiger partial charge in [-0.3, -0.25) is 9.78 Å². The monoisotopic (exact) mass is 501 g/mol. The molecule has 2 bridgehead atoms. The lowest BCUT2D eigenvalue weighted by molar-refractivity contribution is -0.153. The number of unbranched alkanes of at least 4 members (excludes halogenated alkanes) is 1. The van der Waals surface area contributed by atoms with Crippen LogP contribution in [-0.2, 0) is 20.7 Å². The second-order valence-corrected chi connectivity index (χ2v) is 9.42. The summed E-state index contributed by atoms with van der Waals surface area (Å²) in [7, 11) is 2.92. The fourth-order valence-electron chi connectivity index (χ4n) is 5.70. The Hall–Kier alpha value is -3.84. The van der Waals surface area contributed by atoms with Gasteiger partial charge < -0.3 is 24.1 Å². The molecule has 0 radical (unpaired) electrons. The van der Waals surface area contributed by atoms with Gasteiger partial charge in [-0.2, -0.15) is 0 Å². The second kappa shape index (κ2) is 9.56. The number of pyridine rings is 1. The minimum absolute atomic E-state index is 0.221. The Balaban J connectivity index is 1.77. The van der Waals surface area contributed by atoms with Gasteiger partial charge in [-0.25, -0.2) is 0 Å². The minimum atomic E-state index is -1.84. The van der Waals surface area contributed by atoms with Crippen LogP contribution in [0.2, 0.25) is 0 Å². The van der Waals surface area contributed by atoms with E-state index in [0.717, 1.165) is 24.0 Å². The standard InChI is InChI=1S/C30H31NO6/c1-5-6-16-36-23-17-24-27(31-18-23)29(33)19(2)30(37-24,21-12-14-22(34-3)15-13-21)25(26(29)28(32)35-4)20-10-8-7-9-11-20/h7-15,17-18,25-26,33H,2,5-6,16H2,1,3-4H3/t25?,26?,29-,30+/m1/s1. The quantitative estimate of drug-likeness (QED) is 0.267. The molecular formula is C30H31NO6. The van der Waals surface area contributed by atoms with Gasteiger partial charge in [0.1, 0.15) is 34.5 Å². The molecule has 0 spiro atoms. The van der Waals surface area contributed by atoms with E-state index in [-0.39, 0.29) is 5.69 Å². The number of rotatable bonds is 8. The van der Waals surface area contributed by atoms with E-state index < -0.39 is 29.0 Å². The van der Waals surface area contributed by atoms with Crippen molar-refractivity contribution >= 4 is 5.97 Å². The number of esters is 1. The molecule has 1 fully saturated rings. The fourth-order valence-corrected chi connectivity index (χ4v) is 5.70. The zero-order valence-corrected chi connectivity index (χ0v) is 21.3. The van der Waals surface area contributed by atoms with Crippen LogP contribution in [0.4, 0.5) is 0 Å². The summed E-state index contributed by atoms with van der Waals surface area (Å²) in [5.74, 6) is -0.759. The van der Waals surface area contributed by atoms with Crippen LogP contribution in [0.1, 0.15) is 42.5 Å². The molecule has 2 aliphatic rings. The molecule has 5 rings (SSSR count). The van der Waals surface area contributed by atoms with E-state index >= 15 is 0 Å². The van der Waals surface area contributed by atoms with Gasteiger partial charge in [0.15, 0.2) is 5.60 Å². The van der Waals surface area contributed by atoms with Crippen molar-refractivity contribution < 1.29 is 28.8 Å². The highest BCUT2D eigenvalue weighted by Gasteiger charge is 2.73. The van der Waals surface area contributed by atoms with Gasteiger partial charge in [0.2, 0.25) is 0 Å². The van der Waals surface area contributed by atoms with Crippen molar-refractivity contribution in [2.45, 2.75) is 36.9 Å². The summed E-state index contributed by atoms with van der Waals surface area (Å²) in [6.45, 7) is 6.97. The summed E-state index contributed by atoms with van der Waals surface area (Å²) >= 11 is 0. The summed E-state index contributed by atoms with van der Waals surface area (Å²) in [6.07, 6.45) is 3.44. The smallest absolute Gasteiger partial charge is 0.313 e. The summed E-state index contributed by atoms with van der Waals surface area (Å²) in [4.78, 5) is 18.0. The third kappa shape index (κ3) is 3.68. The van der Waals surface area contributed by atoms with Crippen LogP contribution in [-0.4, -0.2) is 36.9 Å². The Labute approximate surface area is 216 Å². The first-order valence-electron chi connectivity index (χ1n) is 12.4. The normalized spacial score (nSPS) is 25.7. The summed E-state index contributed by atoms with van der Waals surface area (Å²) in [6, 6.07) is 18.7. The average Bonchev–Trinajstić information content (AvgIpc) is 3.06. The minimum Gasteiger partial charge on any atom is -0.497 e. The second-order valence-electron chi connectivity index (χ2n) is 9.42. The van der Waals surface area contributed by atoms with E-state index in [1.807, 2.05) is 54.6 Å². The Morgan fingerprint density at radius 2 is 1.84 bits per heavy atom. The van der Waals surface area contributed by atoms with Crippen molar-refractivity contribution in [3.63, 3.8) is 0 Å². The van der Waals surface area contributed by atoms with E-state index in [0.29, 0.717) is 29.4 Å². The number of carbonyl (C=O) groups excluding carboxylic acids is 1. The number of aromatic nitrogens is 1. The lowest BCUT2D eigenvalue weighted by Gasteiger charge is -2.42. The van der Waals surface area contributed by atoms with E-state index in [1.165, 1.54) is 7.11 Å². The Morgan fingerprint density at radius 1 is 1.11 bits per heavy atom.